The number of thiazole rings is 1. The Hall–Kier alpha value is -1.30. The predicted octanol–water partition coefficient (Wildman–Crippen LogP) is 3.94. The van der Waals surface area contributed by atoms with Crippen molar-refractivity contribution in [1.29, 1.82) is 0 Å². The molecule has 0 aliphatic rings. The van der Waals surface area contributed by atoms with E-state index < -0.39 is 6.10 Å². The summed E-state index contributed by atoms with van der Waals surface area (Å²) in [5, 5.41) is 5.54. The van der Waals surface area contributed by atoms with E-state index in [4.69, 9.17) is 27.9 Å². The van der Waals surface area contributed by atoms with E-state index in [0.29, 0.717) is 21.8 Å². The number of rotatable bonds is 5. The molecule has 1 aromatic heterocycles. The number of carbonyl (C=O) groups excluding carboxylic acids is 1. The molecule has 7 heteroatoms. The third kappa shape index (κ3) is 4.10. The van der Waals surface area contributed by atoms with Crippen LogP contribution in [-0.4, -0.2) is 17.0 Å². The quantitative estimate of drug-likeness (QED) is 0.844. The summed E-state index contributed by atoms with van der Waals surface area (Å²) in [6.45, 7) is 1.66. The summed E-state index contributed by atoms with van der Waals surface area (Å²) in [6, 6.07) is 6.89. The van der Waals surface area contributed by atoms with Gasteiger partial charge in [0.05, 0.1) is 11.6 Å². The average Bonchev–Trinajstić information content (AvgIpc) is 2.86. The molecule has 1 unspecified atom stereocenters. The molecular formula is C13H12Cl2N2O2S. The van der Waals surface area contributed by atoms with Crippen LogP contribution in [0.3, 0.4) is 0 Å². The van der Waals surface area contributed by atoms with E-state index in [0.717, 1.165) is 5.69 Å². The first-order valence-corrected chi connectivity index (χ1v) is 7.61. The van der Waals surface area contributed by atoms with Gasteiger partial charge in [-0.25, -0.2) is 4.98 Å². The maximum Gasteiger partial charge on any atom is 0.266 e. The molecule has 0 bridgehead atoms. The molecule has 0 aliphatic carbocycles. The predicted molar refractivity (Wildman–Crippen MR) is 81.8 cm³/mol. The lowest BCUT2D eigenvalue weighted by molar-refractivity contribution is -0.122. The molecule has 0 fully saturated rings. The van der Waals surface area contributed by atoms with Crippen molar-refractivity contribution in [2.75, 3.05) is 5.32 Å². The highest BCUT2D eigenvalue weighted by atomic mass is 35.5. The lowest BCUT2D eigenvalue weighted by Gasteiger charge is -2.13. The van der Waals surface area contributed by atoms with Gasteiger partial charge in [-0.2, -0.15) is 0 Å². The van der Waals surface area contributed by atoms with Gasteiger partial charge in [0.15, 0.2) is 11.2 Å². The van der Waals surface area contributed by atoms with Crippen LogP contribution >= 0.6 is 34.5 Å². The number of halogens is 2. The number of hydrogen-bond acceptors (Lipinski definition) is 4. The Kier molecular flexibility index (Phi) is 5.23. The van der Waals surface area contributed by atoms with Crippen molar-refractivity contribution in [2.45, 2.75) is 18.9 Å². The largest absolute Gasteiger partial charge is 0.481 e. The molecule has 0 saturated heterocycles. The van der Waals surface area contributed by atoms with Crippen LogP contribution < -0.4 is 10.1 Å². The zero-order chi connectivity index (χ0) is 14.5. The van der Waals surface area contributed by atoms with E-state index in [-0.39, 0.29) is 5.91 Å². The van der Waals surface area contributed by atoms with Crippen molar-refractivity contribution in [2.24, 2.45) is 0 Å². The van der Waals surface area contributed by atoms with Crippen LogP contribution in [0.2, 0.25) is 5.02 Å². The standard InChI is InChI=1S/C13H12Cl2N2O2S/c1-8(19-11-4-2-3-9(15)5-11)12(18)17-13-16-10(6-14)7-20-13/h2-5,7-8H,6H2,1H3,(H,16,17,18). The Balaban J connectivity index is 1.95. The topological polar surface area (TPSA) is 51.2 Å². The van der Waals surface area contributed by atoms with E-state index in [1.54, 1.807) is 36.6 Å². The van der Waals surface area contributed by atoms with Gasteiger partial charge in [0, 0.05) is 10.4 Å². The second-order valence-corrected chi connectivity index (χ2v) is 5.55. The highest BCUT2D eigenvalue weighted by Crippen LogP contribution is 2.20. The molecule has 4 nitrogen and oxygen atoms in total. The first kappa shape index (κ1) is 15.1. The monoisotopic (exact) mass is 330 g/mol. The molecule has 20 heavy (non-hydrogen) atoms. The highest BCUT2D eigenvalue weighted by Gasteiger charge is 2.16. The fourth-order valence-corrected chi connectivity index (χ4v) is 2.55. The third-order valence-corrected chi connectivity index (χ3v) is 3.71. The number of nitrogens with zero attached hydrogens (tertiary/aromatic N) is 1. The zero-order valence-electron chi connectivity index (χ0n) is 10.6. The van der Waals surface area contributed by atoms with Crippen molar-refractivity contribution < 1.29 is 9.53 Å². The van der Waals surface area contributed by atoms with E-state index in [9.17, 15) is 4.79 Å². The molecule has 0 saturated carbocycles. The maximum atomic E-state index is 12.0. The van der Waals surface area contributed by atoms with Gasteiger partial charge >= 0.3 is 0 Å². The van der Waals surface area contributed by atoms with Crippen LogP contribution in [-0.2, 0) is 10.7 Å². The number of amides is 1. The van der Waals surface area contributed by atoms with Crippen molar-refractivity contribution in [1.82, 2.24) is 4.98 Å². The van der Waals surface area contributed by atoms with Crippen LogP contribution in [0.25, 0.3) is 0 Å². The van der Waals surface area contributed by atoms with Gasteiger partial charge in [0.25, 0.3) is 5.91 Å². The molecule has 2 aromatic rings. The van der Waals surface area contributed by atoms with Gasteiger partial charge in [-0.15, -0.1) is 22.9 Å². The van der Waals surface area contributed by atoms with Gasteiger partial charge in [0.2, 0.25) is 0 Å². The van der Waals surface area contributed by atoms with Crippen molar-refractivity contribution in [3.05, 3.63) is 40.4 Å². The van der Waals surface area contributed by atoms with Crippen molar-refractivity contribution in [3.63, 3.8) is 0 Å². The molecule has 1 atom stereocenters. The normalized spacial score (nSPS) is 11.9. The van der Waals surface area contributed by atoms with Crippen LogP contribution in [0.15, 0.2) is 29.6 Å². The number of alkyl halides is 1. The Labute approximate surface area is 130 Å². The molecule has 1 aromatic carbocycles. The first-order chi connectivity index (χ1) is 9.58. The fraction of sp³-hybridized carbons (Fsp3) is 0.231. The summed E-state index contributed by atoms with van der Waals surface area (Å²) >= 11 is 12.8. The van der Waals surface area contributed by atoms with Crippen LogP contribution in [0.4, 0.5) is 5.13 Å². The number of benzene rings is 1. The molecule has 1 heterocycles. The lowest BCUT2D eigenvalue weighted by atomic mass is 10.3. The van der Waals surface area contributed by atoms with Crippen LogP contribution in [0.5, 0.6) is 5.75 Å². The highest BCUT2D eigenvalue weighted by molar-refractivity contribution is 7.14. The number of aromatic nitrogens is 1. The Morgan fingerprint density at radius 2 is 2.35 bits per heavy atom. The van der Waals surface area contributed by atoms with Crippen LogP contribution in [0, 0.1) is 0 Å². The van der Waals surface area contributed by atoms with Gasteiger partial charge < -0.3 is 4.74 Å². The SMILES string of the molecule is CC(Oc1cccc(Cl)c1)C(=O)Nc1nc(CCl)cs1. The number of carbonyl (C=O) groups is 1. The number of anilines is 1. The summed E-state index contributed by atoms with van der Waals surface area (Å²) in [7, 11) is 0. The molecule has 1 amide bonds. The molecule has 0 radical (unpaired) electrons. The molecule has 0 aliphatic heterocycles. The van der Waals surface area contributed by atoms with E-state index in [1.165, 1.54) is 11.3 Å². The molecule has 0 spiro atoms. The maximum absolute atomic E-state index is 12.0. The average molecular weight is 331 g/mol. The van der Waals surface area contributed by atoms with E-state index in [2.05, 4.69) is 10.3 Å². The summed E-state index contributed by atoms with van der Waals surface area (Å²) < 4.78 is 5.52. The smallest absolute Gasteiger partial charge is 0.266 e. The summed E-state index contributed by atoms with van der Waals surface area (Å²) in [6.07, 6.45) is -0.656. The van der Waals surface area contributed by atoms with E-state index in [1.807, 2.05) is 0 Å². The van der Waals surface area contributed by atoms with Crippen LogP contribution in [0.1, 0.15) is 12.6 Å². The van der Waals surface area contributed by atoms with Crippen molar-refractivity contribution >= 4 is 45.6 Å². The number of hydrogen-bond donors (Lipinski definition) is 1. The minimum absolute atomic E-state index is 0.277. The van der Waals surface area contributed by atoms with Gasteiger partial charge in [-0.05, 0) is 25.1 Å². The zero-order valence-corrected chi connectivity index (χ0v) is 12.9. The molecule has 2 rings (SSSR count). The minimum atomic E-state index is -0.656. The second kappa shape index (κ2) is 6.92. The number of nitrogens with one attached hydrogen (secondary N) is 1. The van der Waals surface area contributed by atoms with E-state index >= 15 is 0 Å². The Morgan fingerprint density at radius 3 is 3.00 bits per heavy atom. The van der Waals surface area contributed by atoms with Crippen molar-refractivity contribution in [3.8, 4) is 5.75 Å². The van der Waals surface area contributed by atoms with Gasteiger partial charge in [-0.1, -0.05) is 17.7 Å². The molecule has 106 valence electrons. The summed E-state index contributed by atoms with van der Waals surface area (Å²) in [5.41, 5.74) is 0.732. The fourth-order valence-electron chi connectivity index (χ4n) is 1.43. The summed E-state index contributed by atoms with van der Waals surface area (Å²) in [5.74, 6) is 0.585. The van der Waals surface area contributed by atoms with Gasteiger partial charge in [0.1, 0.15) is 5.75 Å². The Bertz CT molecular complexity index is 604. The molecule has 1 N–H and O–H groups in total. The molecular weight excluding hydrogens is 319 g/mol. The first-order valence-electron chi connectivity index (χ1n) is 5.82. The number of ether oxygens (including phenoxy) is 1. The lowest BCUT2D eigenvalue weighted by Crippen LogP contribution is -2.30. The summed E-state index contributed by atoms with van der Waals surface area (Å²) in [4.78, 5) is 16.1. The van der Waals surface area contributed by atoms with Gasteiger partial charge in [-0.3, -0.25) is 10.1 Å². The Morgan fingerprint density at radius 1 is 1.55 bits per heavy atom. The third-order valence-electron chi connectivity index (χ3n) is 2.40. The minimum Gasteiger partial charge on any atom is -0.481 e. The second-order valence-electron chi connectivity index (χ2n) is 3.98.